The number of esters is 1. The summed E-state index contributed by atoms with van der Waals surface area (Å²) in [7, 11) is -2.06. The molecule has 0 radical (unpaired) electrons. The molecule has 0 spiro atoms. The Labute approximate surface area is 199 Å². The van der Waals surface area contributed by atoms with Crippen molar-refractivity contribution in [3.63, 3.8) is 0 Å². The van der Waals surface area contributed by atoms with Crippen molar-refractivity contribution < 1.29 is 28.3 Å². The van der Waals surface area contributed by atoms with Crippen molar-refractivity contribution in [3.8, 4) is 0 Å². The van der Waals surface area contributed by atoms with Gasteiger partial charge in [0, 0.05) is 0 Å². The zero-order valence-corrected chi connectivity index (χ0v) is 23.2. The predicted octanol–water partition coefficient (Wildman–Crippen LogP) is 4.50. The maximum Gasteiger partial charge on any atom is 0.408 e. The van der Waals surface area contributed by atoms with E-state index < -0.39 is 37.6 Å². The van der Waals surface area contributed by atoms with Gasteiger partial charge in [-0.15, -0.1) is 0 Å². The van der Waals surface area contributed by atoms with E-state index in [0.717, 1.165) is 5.57 Å². The van der Waals surface area contributed by atoms with Gasteiger partial charge in [-0.3, -0.25) is 9.69 Å². The monoisotopic (exact) mass is 482 g/mol. The van der Waals surface area contributed by atoms with Gasteiger partial charge in [0.25, 0.3) is 5.91 Å². The normalized spacial score (nSPS) is 21.9. The molecule has 9 heteroatoms. The molecule has 0 unspecified atom stereocenters. The van der Waals surface area contributed by atoms with Gasteiger partial charge in [-0.1, -0.05) is 20.8 Å². The highest BCUT2D eigenvalue weighted by molar-refractivity contribution is 6.74. The van der Waals surface area contributed by atoms with E-state index >= 15 is 0 Å². The molecule has 2 aliphatic heterocycles. The lowest BCUT2D eigenvalue weighted by molar-refractivity contribution is -0.162. The zero-order valence-electron chi connectivity index (χ0n) is 22.2. The summed E-state index contributed by atoms with van der Waals surface area (Å²) >= 11 is 0. The van der Waals surface area contributed by atoms with Crippen LogP contribution < -0.4 is 5.32 Å². The summed E-state index contributed by atoms with van der Waals surface area (Å²) in [5.41, 5.74) is -0.342. The van der Waals surface area contributed by atoms with E-state index in [-0.39, 0.29) is 29.3 Å². The summed E-state index contributed by atoms with van der Waals surface area (Å²) in [4.78, 5) is 39.9. The minimum Gasteiger partial charge on any atom is -0.455 e. The second-order valence-corrected chi connectivity index (χ2v) is 17.3. The first-order valence-electron chi connectivity index (χ1n) is 11.7. The van der Waals surface area contributed by atoms with Crippen LogP contribution in [0, 0.1) is 0 Å². The number of ether oxygens (including phenoxy) is 2. The Morgan fingerprint density at radius 1 is 1.00 bits per heavy atom. The molecule has 1 saturated heterocycles. The third-order valence-electron chi connectivity index (χ3n) is 6.22. The van der Waals surface area contributed by atoms with Crippen LogP contribution >= 0.6 is 0 Å². The van der Waals surface area contributed by atoms with Crippen LogP contribution in [0.15, 0.2) is 11.3 Å². The Hall–Kier alpha value is -1.87. The van der Waals surface area contributed by atoms with E-state index in [9.17, 15) is 14.4 Å². The lowest BCUT2D eigenvalue weighted by atomic mass is 9.83. The van der Waals surface area contributed by atoms with Crippen molar-refractivity contribution in [1.29, 1.82) is 0 Å². The van der Waals surface area contributed by atoms with Gasteiger partial charge in [0.05, 0.1) is 12.6 Å². The average molecular weight is 483 g/mol. The molecule has 8 nitrogen and oxygen atoms in total. The average Bonchev–Trinajstić information content (AvgIpc) is 2.59. The third kappa shape index (κ3) is 6.59. The minimum atomic E-state index is -2.06. The Morgan fingerprint density at radius 2 is 1.55 bits per heavy atom. The molecule has 1 N–H and O–H groups in total. The van der Waals surface area contributed by atoms with Gasteiger partial charge in [-0.2, -0.15) is 0 Å². The molecule has 0 bridgehead atoms. The fraction of sp³-hybridized carbons (Fsp3) is 0.792. The first kappa shape index (κ1) is 27.4. The SMILES string of the molecule is CC(C)(C)OC(=O)N[C@@H]1C(=O)N2C(C(=O)OC(C)(C)C)=C(CO[Si](C)(C)C(C)(C)C)CC[C@H]12. The van der Waals surface area contributed by atoms with Gasteiger partial charge in [0.15, 0.2) is 8.32 Å². The van der Waals surface area contributed by atoms with Crippen molar-refractivity contribution >= 4 is 26.3 Å². The standard InChI is InChI=1S/C24H42N2O6Si/c1-22(2,3)31-20(28)18-15(14-30-33(10,11)24(7,8)9)12-13-16-17(19(27)26(16)18)25-21(29)32-23(4,5)6/h16-17H,12-14H2,1-11H3,(H,25,29)/t16-,17+/m1/s1. The van der Waals surface area contributed by atoms with Crippen molar-refractivity contribution in [3.05, 3.63) is 11.3 Å². The summed E-state index contributed by atoms with van der Waals surface area (Å²) in [6, 6.07) is -1.04. The van der Waals surface area contributed by atoms with Crippen LogP contribution in [-0.4, -0.2) is 61.1 Å². The highest BCUT2D eigenvalue weighted by atomic mass is 28.4. The molecule has 2 rings (SSSR count). The van der Waals surface area contributed by atoms with Crippen molar-refractivity contribution in [1.82, 2.24) is 10.2 Å². The lowest BCUT2D eigenvalue weighted by Crippen LogP contribution is -2.72. The summed E-state index contributed by atoms with van der Waals surface area (Å²) in [5.74, 6) is -0.874. The number of alkyl carbamates (subject to hydrolysis) is 1. The van der Waals surface area contributed by atoms with Crippen LogP contribution in [0.2, 0.25) is 18.1 Å². The summed E-state index contributed by atoms with van der Waals surface area (Å²) in [6.45, 7) is 21.7. The molecule has 2 aliphatic rings. The highest BCUT2D eigenvalue weighted by Crippen LogP contribution is 2.40. The van der Waals surface area contributed by atoms with Crippen LogP contribution in [0.25, 0.3) is 0 Å². The Morgan fingerprint density at radius 3 is 2.03 bits per heavy atom. The number of nitrogens with zero attached hydrogens (tertiary/aromatic N) is 1. The fourth-order valence-electron chi connectivity index (χ4n) is 3.51. The number of rotatable bonds is 5. The smallest absolute Gasteiger partial charge is 0.408 e. The first-order chi connectivity index (χ1) is 14.7. The number of amides is 2. The molecule has 0 aromatic rings. The number of hydrogen-bond donors (Lipinski definition) is 1. The number of nitrogens with one attached hydrogen (secondary N) is 1. The second-order valence-electron chi connectivity index (χ2n) is 12.4. The maximum absolute atomic E-state index is 13.2. The van der Waals surface area contributed by atoms with Crippen LogP contribution in [0.4, 0.5) is 4.79 Å². The van der Waals surface area contributed by atoms with E-state index in [4.69, 9.17) is 13.9 Å². The fourth-order valence-corrected chi connectivity index (χ4v) is 4.48. The summed E-state index contributed by atoms with van der Waals surface area (Å²) in [6.07, 6.45) is 0.564. The van der Waals surface area contributed by atoms with Gasteiger partial charge < -0.3 is 19.2 Å². The molecule has 188 valence electrons. The predicted molar refractivity (Wildman–Crippen MR) is 129 cm³/mol. The topological polar surface area (TPSA) is 94.2 Å². The van der Waals surface area contributed by atoms with Crippen LogP contribution in [-0.2, 0) is 23.5 Å². The van der Waals surface area contributed by atoms with E-state index in [1.54, 1.807) is 41.5 Å². The molecule has 2 amide bonds. The largest absolute Gasteiger partial charge is 0.455 e. The Bertz CT molecular complexity index is 829. The number of fused-ring (bicyclic) bond motifs is 1. The minimum absolute atomic E-state index is 0.0197. The quantitative estimate of drug-likeness (QED) is 0.352. The molecule has 2 atom stereocenters. The van der Waals surface area contributed by atoms with Crippen molar-refractivity contribution in [2.75, 3.05) is 6.61 Å². The highest BCUT2D eigenvalue weighted by Gasteiger charge is 2.54. The summed E-state index contributed by atoms with van der Waals surface area (Å²) < 4.78 is 17.3. The van der Waals surface area contributed by atoms with Crippen LogP contribution in [0.1, 0.15) is 75.2 Å². The number of β-lactam (4-membered cyclic amide) rings is 1. The van der Waals surface area contributed by atoms with Crippen molar-refractivity contribution in [2.45, 2.75) is 117 Å². The Kier molecular flexibility index (Phi) is 7.51. The Balaban J connectivity index is 2.29. The molecule has 0 saturated carbocycles. The molecule has 33 heavy (non-hydrogen) atoms. The number of hydrogen-bond acceptors (Lipinski definition) is 6. The molecule has 2 heterocycles. The molecule has 0 aliphatic carbocycles. The molecule has 0 aromatic heterocycles. The van der Waals surface area contributed by atoms with Crippen LogP contribution in [0.5, 0.6) is 0 Å². The first-order valence-corrected chi connectivity index (χ1v) is 14.6. The van der Waals surface area contributed by atoms with Gasteiger partial charge in [-0.25, -0.2) is 9.59 Å². The lowest BCUT2D eigenvalue weighted by Gasteiger charge is -2.50. The molecule has 1 fully saturated rings. The van der Waals surface area contributed by atoms with Crippen molar-refractivity contribution in [2.24, 2.45) is 0 Å². The van der Waals surface area contributed by atoms with E-state index in [1.165, 1.54) is 4.90 Å². The third-order valence-corrected chi connectivity index (χ3v) is 10.7. The number of carbonyl (C=O) groups excluding carboxylic acids is 3. The molecule has 0 aromatic carbocycles. The van der Waals surface area contributed by atoms with Gasteiger partial charge in [0.2, 0.25) is 0 Å². The van der Waals surface area contributed by atoms with E-state index in [1.807, 2.05) is 0 Å². The van der Waals surface area contributed by atoms with E-state index in [0.29, 0.717) is 12.8 Å². The maximum atomic E-state index is 13.2. The van der Waals surface area contributed by atoms with Gasteiger partial charge >= 0.3 is 12.1 Å². The zero-order chi connectivity index (χ0) is 25.6. The molecular weight excluding hydrogens is 440 g/mol. The van der Waals surface area contributed by atoms with Gasteiger partial charge in [0.1, 0.15) is 22.9 Å². The van der Waals surface area contributed by atoms with Gasteiger partial charge in [-0.05, 0) is 78.1 Å². The summed E-state index contributed by atoms with van der Waals surface area (Å²) in [5, 5.41) is 2.69. The second kappa shape index (κ2) is 9.06. The van der Waals surface area contributed by atoms with E-state index in [2.05, 4.69) is 39.2 Å². The number of carbonyl (C=O) groups is 3. The molecular formula is C24H42N2O6Si. The van der Waals surface area contributed by atoms with Crippen LogP contribution in [0.3, 0.4) is 0 Å².